The van der Waals surface area contributed by atoms with Gasteiger partial charge in [-0.15, -0.1) is 0 Å². The van der Waals surface area contributed by atoms with Crippen LogP contribution >= 0.6 is 0 Å². The van der Waals surface area contributed by atoms with Gasteiger partial charge in [0.05, 0.1) is 14.2 Å². The van der Waals surface area contributed by atoms with E-state index in [9.17, 15) is 15.0 Å². The molecule has 0 heterocycles. The number of rotatable bonds is 11. The molecule has 39 heavy (non-hydrogen) atoms. The van der Waals surface area contributed by atoms with Crippen LogP contribution in [-0.4, -0.2) is 35.7 Å². The molecule has 0 spiro atoms. The maximum absolute atomic E-state index is 12.5. The molecule has 0 aliphatic rings. The number of phenols is 1. The SMILES string of the molecule is C=C(OO)Oc1ccc(-c2c(OC)cc(-c3ccc(OCc4ccccc4)c(O)c3)c(OC)c2C(=O)O)cc1. The van der Waals surface area contributed by atoms with Crippen molar-refractivity contribution in [3.63, 3.8) is 0 Å². The lowest BCUT2D eigenvalue weighted by Gasteiger charge is -2.20. The van der Waals surface area contributed by atoms with E-state index in [4.69, 9.17) is 24.2 Å². The van der Waals surface area contributed by atoms with E-state index in [1.165, 1.54) is 20.3 Å². The fourth-order valence-corrected chi connectivity index (χ4v) is 4.10. The van der Waals surface area contributed by atoms with Crippen LogP contribution < -0.4 is 18.9 Å². The zero-order chi connectivity index (χ0) is 27.9. The molecule has 0 fully saturated rings. The van der Waals surface area contributed by atoms with E-state index < -0.39 is 5.97 Å². The number of ether oxygens (including phenoxy) is 4. The molecule has 0 bridgehead atoms. The molecule has 3 N–H and O–H groups in total. The van der Waals surface area contributed by atoms with E-state index in [-0.39, 0.29) is 46.7 Å². The van der Waals surface area contributed by atoms with Gasteiger partial charge in [-0.05, 0) is 53.6 Å². The van der Waals surface area contributed by atoms with Crippen LogP contribution in [0, 0.1) is 0 Å². The van der Waals surface area contributed by atoms with Gasteiger partial charge in [-0.1, -0.05) is 48.5 Å². The summed E-state index contributed by atoms with van der Waals surface area (Å²) in [4.78, 5) is 16.5. The minimum atomic E-state index is -1.24. The fraction of sp³-hybridized carbons (Fsp3) is 0.100. The molecule has 0 unspecified atom stereocenters. The third-order valence-corrected chi connectivity index (χ3v) is 5.87. The summed E-state index contributed by atoms with van der Waals surface area (Å²) in [7, 11) is 2.80. The van der Waals surface area contributed by atoms with Gasteiger partial charge in [0.1, 0.15) is 29.4 Å². The molecule has 9 nitrogen and oxygen atoms in total. The van der Waals surface area contributed by atoms with Crippen molar-refractivity contribution in [3.05, 3.63) is 103 Å². The van der Waals surface area contributed by atoms with Gasteiger partial charge in [-0.25, -0.2) is 4.79 Å². The van der Waals surface area contributed by atoms with E-state index in [0.717, 1.165) is 5.56 Å². The molecular weight excluding hydrogens is 504 g/mol. The summed E-state index contributed by atoms with van der Waals surface area (Å²) in [6.45, 7) is 3.65. The van der Waals surface area contributed by atoms with Crippen molar-refractivity contribution in [3.8, 4) is 51.0 Å². The summed E-state index contributed by atoms with van der Waals surface area (Å²) in [5, 5.41) is 29.5. The molecule has 0 radical (unpaired) electrons. The number of hydrogen-bond acceptors (Lipinski definition) is 8. The number of phenolic OH excluding ortho intramolecular Hbond substituents is 1. The van der Waals surface area contributed by atoms with Crippen molar-refractivity contribution < 1.29 is 44.1 Å². The third kappa shape index (κ3) is 5.89. The molecule has 200 valence electrons. The second-order valence-corrected chi connectivity index (χ2v) is 8.26. The standard InChI is InChI=1S/C30H26O9/c1-18(39-34)38-22-12-9-20(10-13-22)27-26(35-2)16-23(29(36-3)28(27)30(32)33)21-11-14-25(24(31)15-21)37-17-19-7-5-4-6-8-19/h4-16,31,34H,1,17H2,2-3H3,(H,32,33). The summed E-state index contributed by atoms with van der Waals surface area (Å²) in [6.07, 6.45) is 0. The molecule has 4 aromatic rings. The first-order chi connectivity index (χ1) is 18.9. The maximum Gasteiger partial charge on any atom is 0.340 e. The Balaban J connectivity index is 1.75. The lowest BCUT2D eigenvalue weighted by molar-refractivity contribution is -0.230. The van der Waals surface area contributed by atoms with Gasteiger partial charge < -0.3 is 34.0 Å². The molecule has 0 aromatic heterocycles. The topological polar surface area (TPSA) is 124 Å². The number of aromatic carboxylic acids is 1. The van der Waals surface area contributed by atoms with Crippen molar-refractivity contribution in [2.75, 3.05) is 14.2 Å². The fourth-order valence-electron chi connectivity index (χ4n) is 4.10. The Labute approximate surface area is 224 Å². The zero-order valence-corrected chi connectivity index (χ0v) is 21.2. The highest BCUT2D eigenvalue weighted by Gasteiger charge is 2.27. The molecular formula is C30H26O9. The second-order valence-electron chi connectivity index (χ2n) is 8.26. The Kier molecular flexibility index (Phi) is 8.23. The number of carboxylic acid groups (broad SMARTS) is 1. The van der Waals surface area contributed by atoms with E-state index in [1.807, 2.05) is 30.3 Å². The van der Waals surface area contributed by atoms with Crippen LogP contribution in [0.2, 0.25) is 0 Å². The number of carboxylic acids is 1. The van der Waals surface area contributed by atoms with Crippen molar-refractivity contribution in [1.29, 1.82) is 0 Å². The molecule has 0 atom stereocenters. The van der Waals surface area contributed by atoms with Crippen molar-refractivity contribution in [1.82, 2.24) is 0 Å². The van der Waals surface area contributed by atoms with Crippen molar-refractivity contribution >= 4 is 5.97 Å². The van der Waals surface area contributed by atoms with Crippen LogP contribution in [0.4, 0.5) is 0 Å². The molecule has 0 amide bonds. The Hall–Kier alpha value is -5.15. The predicted molar refractivity (Wildman–Crippen MR) is 143 cm³/mol. The van der Waals surface area contributed by atoms with Crippen LogP contribution in [0.25, 0.3) is 22.3 Å². The number of benzene rings is 4. The minimum absolute atomic E-state index is 0.0815. The number of methoxy groups -OCH3 is 2. The maximum atomic E-state index is 12.5. The van der Waals surface area contributed by atoms with Gasteiger partial charge in [0.2, 0.25) is 0 Å². The Morgan fingerprint density at radius 2 is 1.56 bits per heavy atom. The van der Waals surface area contributed by atoms with E-state index in [0.29, 0.717) is 22.4 Å². The average molecular weight is 531 g/mol. The predicted octanol–water partition coefficient (Wildman–Crippen LogP) is 6.36. The summed E-state index contributed by atoms with van der Waals surface area (Å²) >= 11 is 0. The highest BCUT2D eigenvalue weighted by Crippen LogP contribution is 2.46. The van der Waals surface area contributed by atoms with Crippen LogP contribution in [0.5, 0.6) is 28.7 Å². The largest absolute Gasteiger partial charge is 0.504 e. The molecule has 0 saturated carbocycles. The van der Waals surface area contributed by atoms with Crippen molar-refractivity contribution in [2.24, 2.45) is 0 Å². The molecule has 0 aliphatic carbocycles. The molecule has 0 saturated heterocycles. The smallest absolute Gasteiger partial charge is 0.340 e. The van der Waals surface area contributed by atoms with E-state index in [1.54, 1.807) is 42.5 Å². The molecule has 0 aliphatic heterocycles. The van der Waals surface area contributed by atoms with Gasteiger partial charge in [0, 0.05) is 11.1 Å². The van der Waals surface area contributed by atoms with Crippen LogP contribution in [0.3, 0.4) is 0 Å². The van der Waals surface area contributed by atoms with Crippen LogP contribution in [0.15, 0.2) is 91.4 Å². The first-order valence-corrected chi connectivity index (χ1v) is 11.7. The molecule has 9 heteroatoms. The summed E-state index contributed by atoms with van der Waals surface area (Å²) < 4.78 is 22.2. The van der Waals surface area contributed by atoms with E-state index >= 15 is 0 Å². The van der Waals surface area contributed by atoms with Gasteiger partial charge >= 0.3 is 11.9 Å². The monoisotopic (exact) mass is 530 g/mol. The number of hydrogen-bond donors (Lipinski definition) is 3. The Morgan fingerprint density at radius 1 is 0.872 bits per heavy atom. The zero-order valence-electron chi connectivity index (χ0n) is 21.2. The lowest BCUT2D eigenvalue weighted by Crippen LogP contribution is -2.07. The van der Waals surface area contributed by atoms with E-state index in [2.05, 4.69) is 11.5 Å². The van der Waals surface area contributed by atoms with Crippen molar-refractivity contribution in [2.45, 2.75) is 6.61 Å². The average Bonchev–Trinajstić information content (AvgIpc) is 2.96. The highest BCUT2D eigenvalue weighted by atomic mass is 17.1. The first-order valence-electron chi connectivity index (χ1n) is 11.7. The summed E-state index contributed by atoms with van der Waals surface area (Å²) in [5.41, 5.74) is 2.49. The minimum Gasteiger partial charge on any atom is -0.504 e. The van der Waals surface area contributed by atoms with Gasteiger partial charge in [-0.3, -0.25) is 0 Å². The summed E-state index contributed by atoms with van der Waals surface area (Å²) in [6, 6.07) is 22.3. The quantitative estimate of drug-likeness (QED) is 0.115. The summed E-state index contributed by atoms with van der Waals surface area (Å²) in [5.74, 6) is -0.743. The lowest BCUT2D eigenvalue weighted by atomic mass is 9.92. The van der Waals surface area contributed by atoms with Crippen LogP contribution in [0.1, 0.15) is 15.9 Å². The Bertz CT molecular complexity index is 1480. The third-order valence-electron chi connectivity index (χ3n) is 5.87. The second kappa shape index (κ2) is 11.9. The highest BCUT2D eigenvalue weighted by molar-refractivity contribution is 6.04. The van der Waals surface area contributed by atoms with Gasteiger partial charge in [-0.2, -0.15) is 5.26 Å². The van der Waals surface area contributed by atoms with Gasteiger partial charge in [0.25, 0.3) is 0 Å². The number of carbonyl (C=O) groups is 1. The first kappa shape index (κ1) is 26.9. The normalized spacial score (nSPS) is 10.4. The number of aromatic hydroxyl groups is 1. The van der Waals surface area contributed by atoms with Crippen LogP contribution in [-0.2, 0) is 11.5 Å². The Morgan fingerprint density at radius 3 is 2.15 bits per heavy atom. The van der Waals surface area contributed by atoms with Gasteiger partial charge in [0.15, 0.2) is 11.5 Å². The molecule has 4 aromatic carbocycles. The molecule has 4 rings (SSSR count).